The Bertz CT molecular complexity index is 460. The van der Waals surface area contributed by atoms with Gasteiger partial charge in [-0.25, -0.2) is 9.78 Å². The Labute approximate surface area is 93.2 Å². The van der Waals surface area contributed by atoms with E-state index in [-0.39, 0.29) is 0 Å². The third-order valence-electron chi connectivity index (χ3n) is 2.42. The first-order valence-corrected chi connectivity index (χ1v) is 5.04. The number of aromatic nitrogens is 2. The molecule has 0 radical (unpaired) electrons. The van der Waals surface area contributed by atoms with Gasteiger partial charge in [0.15, 0.2) is 0 Å². The Morgan fingerprint density at radius 3 is 2.62 bits per heavy atom. The first-order valence-electron chi connectivity index (χ1n) is 5.04. The van der Waals surface area contributed by atoms with Gasteiger partial charge in [-0.2, -0.15) is 0 Å². The summed E-state index contributed by atoms with van der Waals surface area (Å²) < 4.78 is 1.99. The zero-order valence-corrected chi connectivity index (χ0v) is 8.71. The standard InChI is InChI=1S/C12H12N2O2/c15-12(16)11-3-1-10(2-4-11)5-7-14-8-6-13-9-14/h1-4,6,8-9H,5,7H2,(H,15,16). The Morgan fingerprint density at radius 1 is 1.31 bits per heavy atom. The quantitative estimate of drug-likeness (QED) is 0.848. The number of carbonyl (C=O) groups is 1. The Balaban J connectivity index is 1.98. The number of nitrogens with zero attached hydrogens (tertiary/aromatic N) is 2. The average molecular weight is 216 g/mol. The van der Waals surface area contributed by atoms with E-state index in [1.54, 1.807) is 24.7 Å². The second kappa shape index (κ2) is 4.61. The summed E-state index contributed by atoms with van der Waals surface area (Å²) in [5.41, 5.74) is 1.45. The topological polar surface area (TPSA) is 55.1 Å². The number of hydrogen-bond donors (Lipinski definition) is 1. The molecule has 1 N–H and O–H groups in total. The molecule has 1 heterocycles. The van der Waals surface area contributed by atoms with Crippen LogP contribution in [0.3, 0.4) is 0 Å². The molecule has 0 fully saturated rings. The van der Waals surface area contributed by atoms with Gasteiger partial charge in [-0.15, -0.1) is 0 Å². The monoisotopic (exact) mass is 216 g/mol. The number of carboxylic acids is 1. The maximum atomic E-state index is 10.6. The lowest BCUT2D eigenvalue weighted by Gasteiger charge is -2.03. The van der Waals surface area contributed by atoms with Gasteiger partial charge in [0, 0.05) is 18.9 Å². The molecule has 0 amide bonds. The molecule has 1 aromatic carbocycles. The SMILES string of the molecule is O=C(O)c1ccc(CCn2ccnc2)cc1. The number of carboxylic acid groups (broad SMARTS) is 1. The molecule has 1 aromatic heterocycles. The number of imidazole rings is 1. The molecule has 0 saturated heterocycles. The molecule has 2 rings (SSSR count). The Kier molecular flexibility index (Phi) is 3.00. The van der Waals surface area contributed by atoms with Gasteiger partial charge in [-0.3, -0.25) is 0 Å². The fraction of sp³-hybridized carbons (Fsp3) is 0.167. The van der Waals surface area contributed by atoms with E-state index in [1.165, 1.54) is 0 Å². The number of hydrogen-bond acceptors (Lipinski definition) is 2. The normalized spacial score (nSPS) is 10.2. The third-order valence-corrected chi connectivity index (χ3v) is 2.42. The van der Waals surface area contributed by atoms with E-state index in [2.05, 4.69) is 4.98 Å². The fourth-order valence-corrected chi connectivity index (χ4v) is 1.49. The molecule has 2 aromatic rings. The van der Waals surface area contributed by atoms with Gasteiger partial charge in [0.1, 0.15) is 0 Å². The predicted molar refractivity (Wildman–Crippen MR) is 59.3 cm³/mol. The van der Waals surface area contributed by atoms with E-state index in [0.29, 0.717) is 5.56 Å². The number of rotatable bonds is 4. The van der Waals surface area contributed by atoms with Crippen LogP contribution in [0.4, 0.5) is 0 Å². The first-order chi connectivity index (χ1) is 7.75. The van der Waals surface area contributed by atoms with E-state index in [0.717, 1.165) is 18.5 Å². The highest BCUT2D eigenvalue weighted by molar-refractivity contribution is 5.87. The van der Waals surface area contributed by atoms with Gasteiger partial charge in [0.25, 0.3) is 0 Å². The molecule has 4 heteroatoms. The van der Waals surface area contributed by atoms with E-state index in [4.69, 9.17) is 5.11 Å². The summed E-state index contributed by atoms with van der Waals surface area (Å²) in [6.45, 7) is 0.854. The molecular formula is C12H12N2O2. The maximum Gasteiger partial charge on any atom is 0.335 e. The van der Waals surface area contributed by atoms with Crippen molar-refractivity contribution in [1.29, 1.82) is 0 Å². The largest absolute Gasteiger partial charge is 0.478 e. The lowest BCUT2D eigenvalue weighted by Crippen LogP contribution is -2.00. The van der Waals surface area contributed by atoms with Gasteiger partial charge in [0.2, 0.25) is 0 Å². The molecule has 82 valence electrons. The number of aromatic carboxylic acids is 1. The Hall–Kier alpha value is -2.10. The van der Waals surface area contributed by atoms with Crippen molar-refractivity contribution in [3.05, 3.63) is 54.1 Å². The van der Waals surface area contributed by atoms with Crippen molar-refractivity contribution in [1.82, 2.24) is 9.55 Å². The van der Waals surface area contributed by atoms with Gasteiger partial charge in [-0.05, 0) is 24.1 Å². The van der Waals surface area contributed by atoms with E-state index in [1.807, 2.05) is 22.9 Å². The summed E-state index contributed by atoms with van der Waals surface area (Å²) in [6, 6.07) is 6.96. The molecule has 16 heavy (non-hydrogen) atoms. The smallest absolute Gasteiger partial charge is 0.335 e. The van der Waals surface area contributed by atoms with Crippen LogP contribution in [0.5, 0.6) is 0 Å². The van der Waals surface area contributed by atoms with Crippen LogP contribution in [0.1, 0.15) is 15.9 Å². The van der Waals surface area contributed by atoms with E-state index in [9.17, 15) is 4.79 Å². The lowest BCUT2D eigenvalue weighted by atomic mass is 10.1. The van der Waals surface area contributed by atoms with Crippen LogP contribution in [0.25, 0.3) is 0 Å². The second-order valence-electron chi connectivity index (χ2n) is 3.55. The maximum absolute atomic E-state index is 10.6. The predicted octanol–water partition coefficient (Wildman–Crippen LogP) is 1.82. The molecule has 4 nitrogen and oxygen atoms in total. The summed E-state index contributed by atoms with van der Waals surface area (Å²) in [4.78, 5) is 14.6. The third kappa shape index (κ3) is 2.48. The summed E-state index contributed by atoms with van der Waals surface area (Å²) in [7, 11) is 0. The number of aryl methyl sites for hydroxylation is 2. The number of benzene rings is 1. The average Bonchev–Trinajstić information content (AvgIpc) is 2.80. The van der Waals surface area contributed by atoms with Crippen LogP contribution in [-0.4, -0.2) is 20.6 Å². The van der Waals surface area contributed by atoms with E-state index < -0.39 is 5.97 Å². The first kappa shape index (κ1) is 10.4. The van der Waals surface area contributed by atoms with Crippen LogP contribution in [0.15, 0.2) is 43.0 Å². The minimum atomic E-state index is -0.888. The van der Waals surface area contributed by atoms with Crippen LogP contribution >= 0.6 is 0 Å². The van der Waals surface area contributed by atoms with Crippen LogP contribution in [-0.2, 0) is 13.0 Å². The molecule has 0 saturated carbocycles. The van der Waals surface area contributed by atoms with Crippen molar-refractivity contribution in [3.8, 4) is 0 Å². The fourth-order valence-electron chi connectivity index (χ4n) is 1.49. The van der Waals surface area contributed by atoms with Crippen molar-refractivity contribution < 1.29 is 9.90 Å². The molecule has 0 bridgehead atoms. The summed E-state index contributed by atoms with van der Waals surface area (Å²) in [5, 5.41) is 8.74. The van der Waals surface area contributed by atoms with Crippen molar-refractivity contribution >= 4 is 5.97 Å². The Morgan fingerprint density at radius 2 is 2.06 bits per heavy atom. The second-order valence-corrected chi connectivity index (χ2v) is 3.55. The van der Waals surface area contributed by atoms with Crippen molar-refractivity contribution in [2.24, 2.45) is 0 Å². The minimum Gasteiger partial charge on any atom is -0.478 e. The minimum absolute atomic E-state index is 0.325. The highest BCUT2D eigenvalue weighted by atomic mass is 16.4. The van der Waals surface area contributed by atoms with Gasteiger partial charge in [-0.1, -0.05) is 12.1 Å². The van der Waals surface area contributed by atoms with E-state index >= 15 is 0 Å². The van der Waals surface area contributed by atoms with Crippen LogP contribution in [0, 0.1) is 0 Å². The molecular weight excluding hydrogens is 204 g/mol. The van der Waals surface area contributed by atoms with Crippen LogP contribution in [0.2, 0.25) is 0 Å². The summed E-state index contributed by atoms with van der Waals surface area (Å²) in [6.07, 6.45) is 6.29. The summed E-state index contributed by atoms with van der Waals surface area (Å²) >= 11 is 0. The highest BCUT2D eigenvalue weighted by Gasteiger charge is 2.01. The van der Waals surface area contributed by atoms with Crippen molar-refractivity contribution in [2.45, 2.75) is 13.0 Å². The van der Waals surface area contributed by atoms with Gasteiger partial charge in [0.05, 0.1) is 11.9 Å². The van der Waals surface area contributed by atoms with Crippen molar-refractivity contribution in [3.63, 3.8) is 0 Å². The molecule has 0 unspecified atom stereocenters. The molecule has 0 spiro atoms. The lowest BCUT2D eigenvalue weighted by molar-refractivity contribution is 0.0697. The van der Waals surface area contributed by atoms with Crippen molar-refractivity contribution in [2.75, 3.05) is 0 Å². The zero-order chi connectivity index (χ0) is 11.4. The molecule has 0 aliphatic heterocycles. The molecule has 0 aliphatic carbocycles. The zero-order valence-electron chi connectivity index (χ0n) is 8.71. The highest BCUT2D eigenvalue weighted by Crippen LogP contribution is 2.06. The molecule has 0 atom stereocenters. The molecule has 0 aliphatic rings. The van der Waals surface area contributed by atoms with Crippen LogP contribution < -0.4 is 0 Å². The summed E-state index contributed by atoms with van der Waals surface area (Å²) in [5.74, 6) is -0.888. The van der Waals surface area contributed by atoms with Gasteiger partial charge < -0.3 is 9.67 Å². The van der Waals surface area contributed by atoms with Gasteiger partial charge >= 0.3 is 5.97 Å².